The summed E-state index contributed by atoms with van der Waals surface area (Å²) in [5, 5.41) is 9.60. The van der Waals surface area contributed by atoms with Gasteiger partial charge in [-0.3, -0.25) is 9.59 Å². The predicted molar refractivity (Wildman–Crippen MR) is 215 cm³/mol. The van der Waals surface area contributed by atoms with Crippen LogP contribution in [0.3, 0.4) is 0 Å². The van der Waals surface area contributed by atoms with E-state index in [2.05, 4.69) is 38.2 Å². The summed E-state index contributed by atoms with van der Waals surface area (Å²) in [6.07, 6.45) is 37.8. The highest BCUT2D eigenvalue weighted by Gasteiger charge is 2.31. The van der Waals surface area contributed by atoms with Crippen molar-refractivity contribution in [2.45, 2.75) is 199 Å². The number of carbonyl (C=O) groups excluding carboxylic acids is 2. The summed E-state index contributed by atoms with van der Waals surface area (Å²) in [7, 11) is 5.52. The molecular formula is C44H82NO7+. The fourth-order valence-corrected chi connectivity index (χ4v) is 6.24. The third-order valence-electron chi connectivity index (χ3n) is 9.60. The minimum Gasteiger partial charge on any atom is -0.477 e. The highest BCUT2D eigenvalue weighted by molar-refractivity contribution is 5.72. The van der Waals surface area contributed by atoms with Crippen LogP contribution in [0.2, 0.25) is 0 Å². The molecule has 0 aliphatic carbocycles. The standard InChI is InChI=1S/C44H81NO7/c1-6-8-10-12-14-16-18-19-20-21-22-23-24-25-27-29-31-33-35-43(47)52-40(38-50-37-36-41(44(48)49)45(3,4)5)39-51-42(46)34-32-30-28-26-17-15-13-11-9-7-2/h16,18,20-21,40-41H,6-15,17,19,22-39H2,1-5H3/p+1/b18-16-,21-20-. The lowest BCUT2D eigenvalue weighted by molar-refractivity contribution is -0.887. The molecule has 0 aliphatic rings. The largest absolute Gasteiger partial charge is 0.477 e. The normalized spacial score (nSPS) is 13.2. The number of quaternary nitrogens is 1. The van der Waals surface area contributed by atoms with Crippen molar-refractivity contribution in [1.82, 2.24) is 0 Å². The minimum atomic E-state index is -0.876. The molecule has 8 nitrogen and oxygen atoms in total. The Morgan fingerprint density at radius 3 is 1.50 bits per heavy atom. The average Bonchev–Trinajstić information content (AvgIpc) is 3.09. The quantitative estimate of drug-likeness (QED) is 0.0291. The Bertz CT molecular complexity index is 911. The smallest absolute Gasteiger partial charge is 0.362 e. The minimum absolute atomic E-state index is 0.0506. The van der Waals surface area contributed by atoms with E-state index in [1.165, 1.54) is 103 Å². The van der Waals surface area contributed by atoms with Crippen LogP contribution in [-0.4, -0.2) is 80.6 Å². The van der Waals surface area contributed by atoms with Gasteiger partial charge in [0.05, 0.1) is 34.4 Å². The van der Waals surface area contributed by atoms with Crippen molar-refractivity contribution in [1.29, 1.82) is 0 Å². The molecule has 0 saturated carbocycles. The zero-order valence-corrected chi connectivity index (χ0v) is 34.5. The van der Waals surface area contributed by atoms with Crippen molar-refractivity contribution in [3.63, 3.8) is 0 Å². The first-order valence-electron chi connectivity index (χ1n) is 21.4. The van der Waals surface area contributed by atoms with Crippen LogP contribution >= 0.6 is 0 Å². The van der Waals surface area contributed by atoms with Gasteiger partial charge in [0.25, 0.3) is 0 Å². The lowest BCUT2D eigenvalue weighted by Crippen LogP contribution is -2.50. The maximum atomic E-state index is 12.7. The molecule has 304 valence electrons. The molecular weight excluding hydrogens is 654 g/mol. The number of carboxylic acids is 1. The summed E-state index contributed by atoms with van der Waals surface area (Å²) in [4.78, 5) is 36.8. The average molecular weight is 737 g/mol. The Morgan fingerprint density at radius 1 is 0.577 bits per heavy atom. The Balaban J connectivity index is 4.33. The summed E-state index contributed by atoms with van der Waals surface area (Å²) >= 11 is 0. The molecule has 0 saturated heterocycles. The molecule has 1 N–H and O–H groups in total. The van der Waals surface area contributed by atoms with Gasteiger partial charge < -0.3 is 23.8 Å². The van der Waals surface area contributed by atoms with Gasteiger partial charge in [0.15, 0.2) is 12.1 Å². The van der Waals surface area contributed by atoms with Gasteiger partial charge in [-0.1, -0.05) is 147 Å². The molecule has 0 bridgehead atoms. The predicted octanol–water partition coefficient (Wildman–Crippen LogP) is 11.3. The van der Waals surface area contributed by atoms with Crippen molar-refractivity contribution in [3.05, 3.63) is 24.3 Å². The molecule has 52 heavy (non-hydrogen) atoms. The van der Waals surface area contributed by atoms with Crippen LogP contribution in [0.5, 0.6) is 0 Å². The lowest BCUT2D eigenvalue weighted by atomic mass is 10.1. The van der Waals surface area contributed by atoms with E-state index in [9.17, 15) is 19.5 Å². The SMILES string of the molecule is CCCCCC/C=C\C/C=C\CCCCCCCCCC(=O)OC(COCCC(C(=O)O)[N+](C)(C)C)COC(=O)CCCCCCCCCCCC. The molecule has 2 unspecified atom stereocenters. The fraction of sp³-hybridized carbons (Fsp3) is 0.841. The van der Waals surface area contributed by atoms with Crippen molar-refractivity contribution in [3.8, 4) is 0 Å². The van der Waals surface area contributed by atoms with Gasteiger partial charge >= 0.3 is 17.9 Å². The topological polar surface area (TPSA) is 99.1 Å². The number of unbranched alkanes of at least 4 members (excludes halogenated alkanes) is 20. The zero-order valence-electron chi connectivity index (χ0n) is 34.5. The summed E-state index contributed by atoms with van der Waals surface area (Å²) in [6.45, 7) is 4.70. The molecule has 0 aromatic rings. The number of carboxylic acid groups (broad SMARTS) is 1. The maximum Gasteiger partial charge on any atom is 0.362 e. The lowest BCUT2D eigenvalue weighted by Gasteiger charge is -2.31. The van der Waals surface area contributed by atoms with Crippen molar-refractivity contribution < 1.29 is 38.2 Å². The summed E-state index contributed by atoms with van der Waals surface area (Å²) in [5.74, 6) is -1.47. The maximum absolute atomic E-state index is 12.7. The number of esters is 2. The number of ether oxygens (including phenoxy) is 3. The zero-order chi connectivity index (χ0) is 38.5. The monoisotopic (exact) mass is 737 g/mol. The molecule has 0 aliphatic heterocycles. The second-order valence-electron chi connectivity index (χ2n) is 15.6. The molecule has 2 atom stereocenters. The second-order valence-corrected chi connectivity index (χ2v) is 15.6. The number of rotatable bonds is 38. The molecule has 0 heterocycles. The van der Waals surface area contributed by atoms with E-state index in [4.69, 9.17) is 14.2 Å². The number of carbonyl (C=O) groups is 3. The summed E-state index contributed by atoms with van der Waals surface area (Å²) in [5.41, 5.74) is 0. The van der Waals surface area contributed by atoms with E-state index < -0.39 is 18.1 Å². The molecule has 0 aromatic heterocycles. The first kappa shape index (κ1) is 49.8. The van der Waals surface area contributed by atoms with Gasteiger partial charge in [-0.25, -0.2) is 4.79 Å². The highest BCUT2D eigenvalue weighted by Crippen LogP contribution is 2.14. The van der Waals surface area contributed by atoms with E-state index in [1.807, 2.05) is 21.1 Å². The summed E-state index contributed by atoms with van der Waals surface area (Å²) in [6, 6.07) is -0.612. The Labute approximate surface area is 320 Å². The number of likely N-dealkylation sites (N-methyl/N-ethyl adjacent to an activating group) is 1. The van der Waals surface area contributed by atoms with Crippen LogP contribution in [0.25, 0.3) is 0 Å². The van der Waals surface area contributed by atoms with Crippen molar-refractivity contribution in [2.75, 3.05) is 41.0 Å². The van der Waals surface area contributed by atoms with Gasteiger partial charge in [-0.05, 0) is 44.9 Å². The van der Waals surface area contributed by atoms with Crippen molar-refractivity contribution in [2.24, 2.45) is 0 Å². The van der Waals surface area contributed by atoms with Crippen LogP contribution in [0.1, 0.15) is 187 Å². The first-order valence-corrected chi connectivity index (χ1v) is 21.4. The van der Waals surface area contributed by atoms with Crippen LogP contribution in [0.4, 0.5) is 0 Å². The van der Waals surface area contributed by atoms with Crippen LogP contribution < -0.4 is 0 Å². The number of hydrogen-bond donors (Lipinski definition) is 1. The first-order chi connectivity index (χ1) is 25.1. The van der Waals surface area contributed by atoms with E-state index in [1.54, 1.807) is 0 Å². The number of aliphatic carboxylic acids is 1. The van der Waals surface area contributed by atoms with Gasteiger partial charge in [0, 0.05) is 19.3 Å². The Hall–Kier alpha value is -2.19. The van der Waals surface area contributed by atoms with Gasteiger partial charge in [0.1, 0.15) is 6.61 Å². The van der Waals surface area contributed by atoms with Crippen LogP contribution in [-0.2, 0) is 28.6 Å². The van der Waals surface area contributed by atoms with E-state index in [0.29, 0.717) is 19.3 Å². The Kier molecular flexibility index (Phi) is 34.3. The van der Waals surface area contributed by atoms with Crippen molar-refractivity contribution >= 4 is 17.9 Å². The van der Waals surface area contributed by atoms with Gasteiger partial charge in [-0.15, -0.1) is 0 Å². The molecule has 0 aromatic carbocycles. The van der Waals surface area contributed by atoms with E-state index >= 15 is 0 Å². The number of hydrogen-bond acceptors (Lipinski definition) is 6. The molecule has 0 rings (SSSR count). The third-order valence-corrected chi connectivity index (χ3v) is 9.60. The Morgan fingerprint density at radius 2 is 1.02 bits per heavy atom. The van der Waals surface area contributed by atoms with E-state index in [0.717, 1.165) is 51.4 Å². The molecule has 0 amide bonds. The molecule has 0 spiro atoms. The van der Waals surface area contributed by atoms with Gasteiger partial charge in [0.2, 0.25) is 0 Å². The second kappa shape index (κ2) is 35.8. The molecule has 0 radical (unpaired) electrons. The van der Waals surface area contributed by atoms with Gasteiger partial charge in [-0.2, -0.15) is 0 Å². The number of nitrogens with zero attached hydrogens (tertiary/aromatic N) is 1. The van der Waals surface area contributed by atoms with E-state index in [-0.39, 0.29) is 36.2 Å². The molecule has 0 fully saturated rings. The highest BCUT2D eigenvalue weighted by atomic mass is 16.6. The fourth-order valence-electron chi connectivity index (χ4n) is 6.24. The third kappa shape index (κ3) is 33.6. The number of allylic oxidation sites excluding steroid dienone is 4. The van der Waals surface area contributed by atoms with Crippen LogP contribution in [0, 0.1) is 0 Å². The molecule has 8 heteroatoms. The van der Waals surface area contributed by atoms with Crippen LogP contribution in [0.15, 0.2) is 24.3 Å². The summed E-state index contributed by atoms with van der Waals surface area (Å²) < 4.78 is 17.2.